The van der Waals surface area contributed by atoms with Gasteiger partial charge in [-0.05, 0) is 49.9 Å². The van der Waals surface area contributed by atoms with Crippen molar-refractivity contribution in [3.8, 4) is 0 Å². The van der Waals surface area contributed by atoms with Crippen LogP contribution in [0.15, 0.2) is 0 Å². The molecule has 0 radical (unpaired) electrons. The van der Waals surface area contributed by atoms with Crippen molar-refractivity contribution in [1.82, 2.24) is 0 Å². The standard InChI is InChI=1S/C12H19F3O/c13-12(14,15)4-3-11(16)7-10-6-8-1-2-9(10)5-8/h8-11,16H,1-7H2. The second kappa shape index (κ2) is 4.55. The molecule has 2 bridgehead atoms. The summed E-state index contributed by atoms with van der Waals surface area (Å²) in [6.07, 6.45) is -0.392. The van der Waals surface area contributed by atoms with E-state index >= 15 is 0 Å². The maximum absolute atomic E-state index is 12.0. The normalized spacial score (nSPS) is 35.6. The summed E-state index contributed by atoms with van der Waals surface area (Å²) in [5, 5.41) is 9.60. The van der Waals surface area contributed by atoms with Crippen molar-refractivity contribution in [2.24, 2.45) is 17.8 Å². The summed E-state index contributed by atoms with van der Waals surface area (Å²) in [7, 11) is 0. The molecule has 1 nitrogen and oxygen atoms in total. The van der Waals surface area contributed by atoms with E-state index in [2.05, 4.69) is 0 Å². The highest BCUT2D eigenvalue weighted by atomic mass is 19.4. The number of hydrogen-bond acceptors (Lipinski definition) is 1. The zero-order valence-electron chi connectivity index (χ0n) is 9.34. The van der Waals surface area contributed by atoms with Gasteiger partial charge in [0.1, 0.15) is 0 Å². The van der Waals surface area contributed by atoms with Crippen LogP contribution in [0.2, 0.25) is 0 Å². The Morgan fingerprint density at radius 1 is 1.19 bits per heavy atom. The van der Waals surface area contributed by atoms with E-state index in [1.165, 1.54) is 19.3 Å². The predicted molar refractivity (Wildman–Crippen MR) is 54.9 cm³/mol. The van der Waals surface area contributed by atoms with Crippen LogP contribution in [0.3, 0.4) is 0 Å². The number of aliphatic hydroxyl groups is 1. The molecular weight excluding hydrogens is 217 g/mol. The molecule has 4 atom stereocenters. The number of fused-ring (bicyclic) bond motifs is 2. The molecular formula is C12H19F3O. The Bertz CT molecular complexity index is 239. The fourth-order valence-corrected chi connectivity index (χ4v) is 3.46. The third-order valence-electron chi connectivity index (χ3n) is 4.22. The Balaban J connectivity index is 1.69. The highest BCUT2D eigenvalue weighted by Gasteiger charge is 2.40. The van der Waals surface area contributed by atoms with Crippen LogP contribution in [0.4, 0.5) is 13.2 Å². The highest BCUT2D eigenvalue weighted by Crippen LogP contribution is 2.50. The van der Waals surface area contributed by atoms with E-state index in [-0.39, 0.29) is 6.42 Å². The SMILES string of the molecule is OC(CCC(F)(F)F)CC1CC2CCC1C2. The van der Waals surface area contributed by atoms with Crippen LogP contribution in [0.1, 0.15) is 44.9 Å². The Hall–Kier alpha value is -0.250. The Morgan fingerprint density at radius 2 is 1.94 bits per heavy atom. The number of alkyl halides is 3. The third kappa shape index (κ3) is 3.12. The van der Waals surface area contributed by atoms with Crippen LogP contribution >= 0.6 is 0 Å². The van der Waals surface area contributed by atoms with Gasteiger partial charge in [-0.2, -0.15) is 13.2 Å². The lowest BCUT2D eigenvalue weighted by Gasteiger charge is -2.24. The summed E-state index contributed by atoms with van der Waals surface area (Å²) in [5.74, 6) is 1.97. The second-order valence-electron chi connectivity index (χ2n) is 5.48. The van der Waals surface area contributed by atoms with Crippen molar-refractivity contribution in [2.45, 2.75) is 57.2 Å². The molecule has 2 aliphatic carbocycles. The first kappa shape index (κ1) is 12.2. The average Bonchev–Trinajstić information content (AvgIpc) is 2.75. The lowest BCUT2D eigenvalue weighted by molar-refractivity contribution is -0.140. The van der Waals surface area contributed by atoms with Crippen molar-refractivity contribution < 1.29 is 18.3 Å². The number of halogens is 3. The van der Waals surface area contributed by atoms with Gasteiger partial charge in [-0.15, -0.1) is 0 Å². The van der Waals surface area contributed by atoms with E-state index in [0.29, 0.717) is 18.3 Å². The van der Waals surface area contributed by atoms with Crippen molar-refractivity contribution >= 4 is 0 Å². The Labute approximate surface area is 94.0 Å². The first-order valence-electron chi connectivity index (χ1n) is 6.19. The van der Waals surface area contributed by atoms with Crippen molar-refractivity contribution in [3.05, 3.63) is 0 Å². The quantitative estimate of drug-likeness (QED) is 0.791. The molecule has 0 amide bonds. The van der Waals surface area contributed by atoms with Gasteiger partial charge < -0.3 is 5.11 Å². The van der Waals surface area contributed by atoms with E-state index in [1.807, 2.05) is 0 Å². The van der Waals surface area contributed by atoms with Crippen LogP contribution in [0.25, 0.3) is 0 Å². The predicted octanol–water partition coefficient (Wildman–Crippen LogP) is 3.52. The first-order chi connectivity index (χ1) is 7.44. The molecule has 2 rings (SSSR count). The number of rotatable bonds is 4. The number of aliphatic hydroxyl groups excluding tert-OH is 1. The summed E-state index contributed by atoms with van der Waals surface area (Å²) < 4.78 is 35.9. The molecule has 0 aromatic rings. The summed E-state index contributed by atoms with van der Waals surface area (Å²) in [6.45, 7) is 0. The van der Waals surface area contributed by atoms with Gasteiger partial charge in [0.05, 0.1) is 6.10 Å². The van der Waals surface area contributed by atoms with Crippen molar-refractivity contribution in [1.29, 1.82) is 0 Å². The van der Waals surface area contributed by atoms with Gasteiger partial charge in [-0.25, -0.2) is 0 Å². The van der Waals surface area contributed by atoms with Gasteiger partial charge in [-0.1, -0.05) is 6.42 Å². The molecule has 4 unspecified atom stereocenters. The average molecular weight is 236 g/mol. The molecule has 1 N–H and O–H groups in total. The molecule has 2 saturated carbocycles. The van der Waals surface area contributed by atoms with E-state index in [0.717, 1.165) is 12.3 Å². The van der Waals surface area contributed by atoms with Crippen molar-refractivity contribution in [2.75, 3.05) is 0 Å². The molecule has 94 valence electrons. The van der Waals surface area contributed by atoms with Crippen LogP contribution in [0.5, 0.6) is 0 Å². The van der Waals surface area contributed by atoms with E-state index in [1.54, 1.807) is 0 Å². The molecule has 2 aliphatic rings. The van der Waals surface area contributed by atoms with Gasteiger partial charge in [0.15, 0.2) is 0 Å². The van der Waals surface area contributed by atoms with E-state index < -0.39 is 18.7 Å². The summed E-state index contributed by atoms with van der Waals surface area (Å²) in [4.78, 5) is 0. The molecule has 0 heterocycles. The minimum absolute atomic E-state index is 0.128. The van der Waals surface area contributed by atoms with Gasteiger partial charge in [-0.3, -0.25) is 0 Å². The Kier molecular flexibility index (Phi) is 3.48. The van der Waals surface area contributed by atoms with Gasteiger partial charge >= 0.3 is 6.18 Å². The third-order valence-corrected chi connectivity index (χ3v) is 4.22. The zero-order valence-corrected chi connectivity index (χ0v) is 9.34. The second-order valence-corrected chi connectivity index (χ2v) is 5.48. The molecule has 4 heteroatoms. The van der Waals surface area contributed by atoms with Crippen LogP contribution in [0, 0.1) is 17.8 Å². The minimum Gasteiger partial charge on any atom is -0.393 e. The first-order valence-corrected chi connectivity index (χ1v) is 6.19. The monoisotopic (exact) mass is 236 g/mol. The molecule has 16 heavy (non-hydrogen) atoms. The largest absolute Gasteiger partial charge is 0.393 e. The molecule has 0 aromatic carbocycles. The fourth-order valence-electron chi connectivity index (χ4n) is 3.46. The van der Waals surface area contributed by atoms with Gasteiger partial charge in [0, 0.05) is 6.42 Å². The van der Waals surface area contributed by atoms with E-state index in [9.17, 15) is 18.3 Å². The lowest BCUT2D eigenvalue weighted by Crippen LogP contribution is -2.20. The van der Waals surface area contributed by atoms with Crippen LogP contribution in [-0.2, 0) is 0 Å². The highest BCUT2D eigenvalue weighted by molar-refractivity contribution is 4.90. The fraction of sp³-hybridized carbons (Fsp3) is 1.00. The maximum Gasteiger partial charge on any atom is 0.389 e. The maximum atomic E-state index is 12.0. The topological polar surface area (TPSA) is 20.2 Å². The molecule has 0 saturated heterocycles. The zero-order chi connectivity index (χ0) is 11.8. The van der Waals surface area contributed by atoms with Crippen LogP contribution in [-0.4, -0.2) is 17.4 Å². The molecule has 0 aliphatic heterocycles. The number of hydrogen-bond donors (Lipinski definition) is 1. The smallest absolute Gasteiger partial charge is 0.389 e. The van der Waals surface area contributed by atoms with Crippen LogP contribution < -0.4 is 0 Å². The van der Waals surface area contributed by atoms with Gasteiger partial charge in [0.2, 0.25) is 0 Å². The van der Waals surface area contributed by atoms with Gasteiger partial charge in [0.25, 0.3) is 0 Å². The van der Waals surface area contributed by atoms with Crippen molar-refractivity contribution in [3.63, 3.8) is 0 Å². The Morgan fingerprint density at radius 3 is 2.44 bits per heavy atom. The summed E-state index contributed by atoms with van der Waals surface area (Å²) in [6, 6.07) is 0. The molecule has 0 aromatic heterocycles. The lowest BCUT2D eigenvalue weighted by atomic mass is 9.84. The molecule has 0 spiro atoms. The summed E-state index contributed by atoms with van der Waals surface area (Å²) >= 11 is 0. The van der Waals surface area contributed by atoms with E-state index in [4.69, 9.17) is 0 Å². The molecule has 2 fully saturated rings. The minimum atomic E-state index is -4.13. The summed E-state index contributed by atoms with van der Waals surface area (Å²) in [5.41, 5.74) is 0.